The van der Waals surface area contributed by atoms with E-state index < -0.39 is 0 Å². The van der Waals surface area contributed by atoms with E-state index in [4.69, 9.17) is 6.42 Å². The van der Waals surface area contributed by atoms with E-state index in [1.807, 2.05) is 6.92 Å². The van der Waals surface area contributed by atoms with Crippen molar-refractivity contribution in [3.8, 4) is 12.3 Å². The quantitative estimate of drug-likeness (QED) is 0.544. The number of nitrogens with zero attached hydrogens (tertiary/aromatic N) is 2. The summed E-state index contributed by atoms with van der Waals surface area (Å²) in [5.41, 5.74) is 0. The molecule has 1 aromatic heterocycles. The molecule has 0 saturated carbocycles. The molecule has 0 aliphatic rings. The normalized spacial score (nSPS) is 9.60. The van der Waals surface area contributed by atoms with Crippen molar-refractivity contribution in [2.45, 2.75) is 26.2 Å². The number of terminal acetylenes is 1. The first-order valence-corrected chi connectivity index (χ1v) is 4.90. The van der Waals surface area contributed by atoms with E-state index in [9.17, 15) is 4.79 Å². The van der Waals surface area contributed by atoms with Gasteiger partial charge < -0.3 is 5.32 Å². The molecular weight excluding hydrogens is 192 g/mol. The molecule has 5 heteroatoms. The number of aryl methyl sites for hydroxylation is 1. The summed E-state index contributed by atoms with van der Waals surface area (Å²) in [4.78, 5) is 15.4. The monoisotopic (exact) mass is 206 g/mol. The zero-order chi connectivity index (χ0) is 11.1. The van der Waals surface area contributed by atoms with Crippen molar-refractivity contribution < 1.29 is 4.79 Å². The molecule has 0 unspecified atom stereocenters. The molecule has 0 fully saturated rings. The first-order chi connectivity index (χ1) is 7.27. The first kappa shape index (κ1) is 11.2. The highest BCUT2D eigenvalue weighted by atomic mass is 16.2. The molecule has 0 spiro atoms. The maximum atomic E-state index is 11.4. The molecule has 0 radical (unpaired) electrons. The van der Waals surface area contributed by atoms with Crippen molar-refractivity contribution in [2.75, 3.05) is 6.54 Å². The summed E-state index contributed by atoms with van der Waals surface area (Å²) in [5, 5.41) is 9.17. The van der Waals surface area contributed by atoms with Gasteiger partial charge in [0, 0.05) is 19.4 Å². The molecule has 80 valence electrons. The van der Waals surface area contributed by atoms with E-state index in [0.29, 0.717) is 18.8 Å². The Morgan fingerprint density at radius 1 is 1.67 bits per heavy atom. The fraction of sp³-hybridized carbons (Fsp3) is 0.500. The summed E-state index contributed by atoms with van der Waals surface area (Å²) in [6, 6.07) is 0. The average Bonchev–Trinajstić information content (AvgIpc) is 2.72. The standard InChI is InChI=1S/C10H14N4O/c1-3-5-6-7-11-10(15)9-12-8(4-2)13-14-9/h1H,4-7H2,2H3,(H,11,15)(H,12,13,14). The third-order valence-corrected chi connectivity index (χ3v) is 1.85. The summed E-state index contributed by atoms with van der Waals surface area (Å²) in [5.74, 6) is 3.14. The van der Waals surface area contributed by atoms with Crippen molar-refractivity contribution in [1.82, 2.24) is 20.5 Å². The Labute approximate surface area is 88.7 Å². The molecule has 0 aliphatic heterocycles. The van der Waals surface area contributed by atoms with Gasteiger partial charge in [-0.1, -0.05) is 6.92 Å². The third kappa shape index (κ3) is 3.43. The lowest BCUT2D eigenvalue weighted by molar-refractivity contribution is 0.0943. The number of hydrogen-bond acceptors (Lipinski definition) is 3. The van der Waals surface area contributed by atoms with Crippen LogP contribution < -0.4 is 5.32 Å². The van der Waals surface area contributed by atoms with Crippen LogP contribution in [0.3, 0.4) is 0 Å². The van der Waals surface area contributed by atoms with Crippen molar-refractivity contribution in [1.29, 1.82) is 0 Å². The summed E-state index contributed by atoms with van der Waals surface area (Å²) in [6.45, 7) is 2.49. The maximum absolute atomic E-state index is 11.4. The molecule has 1 rings (SSSR count). The van der Waals surface area contributed by atoms with Gasteiger partial charge in [0.05, 0.1) is 0 Å². The van der Waals surface area contributed by atoms with Crippen LogP contribution in [0.15, 0.2) is 0 Å². The second-order valence-electron chi connectivity index (χ2n) is 3.02. The lowest BCUT2D eigenvalue weighted by Crippen LogP contribution is -2.25. The number of aromatic amines is 1. The van der Waals surface area contributed by atoms with E-state index in [-0.39, 0.29) is 11.7 Å². The van der Waals surface area contributed by atoms with Crippen LogP contribution in [0.5, 0.6) is 0 Å². The molecule has 0 bridgehead atoms. The fourth-order valence-corrected chi connectivity index (χ4v) is 1.03. The Kier molecular flexibility index (Phi) is 4.35. The molecule has 2 N–H and O–H groups in total. The van der Waals surface area contributed by atoms with Gasteiger partial charge in [-0.25, -0.2) is 4.98 Å². The van der Waals surface area contributed by atoms with Gasteiger partial charge in [-0.2, -0.15) is 0 Å². The Morgan fingerprint density at radius 2 is 2.47 bits per heavy atom. The molecule has 5 nitrogen and oxygen atoms in total. The van der Waals surface area contributed by atoms with Gasteiger partial charge >= 0.3 is 0 Å². The minimum absolute atomic E-state index is 0.188. The number of aromatic nitrogens is 3. The van der Waals surface area contributed by atoms with Crippen LogP contribution in [-0.2, 0) is 6.42 Å². The van der Waals surface area contributed by atoms with Crippen molar-refractivity contribution in [2.24, 2.45) is 0 Å². The number of H-pyrrole nitrogens is 1. The van der Waals surface area contributed by atoms with Gasteiger partial charge in [-0.15, -0.1) is 17.4 Å². The smallest absolute Gasteiger partial charge is 0.290 e. The SMILES string of the molecule is C#CCCCNC(=O)c1n[nH]c(CC)n1. The molecule has 0 saturated heterocycles. The second kappa shape index (κ2) is 5.81. The van der Waals surface area contributed by atoms with Gasteiger partial charge in [-0.05, 0) is 6.42 Å². The number of carbonyl (C=O) groups is 1. The van der Waals surface area contributed by atoms with E-state index >= 15 is 0 Å². The van der Waals surface area contributed by atoms with Crippen molar-refractivity contribution >= 4 is 5.91 Å². The minimum Gasteiger partial charge on any atom is -0.349 e. The molecule has 0 atom stereocenters. The van der Waals surface area contributed by atoms with Crippen LogP contribution in [0.2, 0.25) is 0 Å². The van der Waals surface area contributed by atoms with Gasteiger partial charge in [0.1, 0.15) is 5.82 Å². The highest BCUT2D eigenvalue weighted by Gasteiger charge is 2.10. The molecule has 1 aromatic rings. The molecule has 15 heavy (non-hydrogen) atoms. The van der Waals surface area contributed by atoms with Crippen LogP contribution >= 0.6 is 0 Å². The lowest BCUT2D eigenvalue weighted by atomic mass is 10.3. The summed E-state index contributed by atoms with van der Waals surface area (Å²) in [6.07, 6.45) is 7.25. The van der Waals surface area contributed by atoms with Gasteiger partial charge in [-0.3, -0.25) is 9.89 Å². The number of amides is 1. The minimum atomic E-state index is -0.261. The Balaban J connectivity index is 2.37. The summed E-state index contributed by atoms with van der Waals surface area (Å²) < 4.78 is 0. The number of carbonyl (C=O) groups excluding carboxylic acids is 1. The van der Waals surface area contributed by atoms with Gasteiger partial charge in [0.15, 0.2) is 0 Å². The second-order valence-corrected chi connectivity index (χ2v) is 3.02. The van der Waals surface area contributed by atoms with Crippen LogP contribution in [0.25, 0.3) is 0 Å². The Bertz CT molecular complexity index is 364. The Hall–Kier alpha value is -1.83. The third-order valence-electron chi connectivity index (χ3n) is 1.85. The number of unbranched alkanes of at least 4 members (excludes halogenated alkanes) is 1. The van der Waals surface area contributed by atoms with Crippen molar-refractivity contribution in [3.05, 3.63) is 11.6 Å². The predicted octanol–water partition coefficient (Wildman–Crippen LogP) is 0.510. The lowest BCUT2D eigenvalue weighted by Gasteiger charge is -1.98. The van der Waals surface area contributed by atoms with Gasteiger partial charge in [0.25, 0.3) is 5.91 Å². The summed E-state index contributed by atoms with van der Waals surface area (Å²) in [7, 11) is 0. The molecule has 1 heterocycles. The highest BCUT2D eigenvalue weighted by molar-refractivity contribution is 5.90. The average molecular weight is 206 g/mol. The van der Waals surface area contributed by atoms with E-state index in [2.05, 4.69) is 26.4 Å². The van der Waals surface area contributed by atoms with Crippen LogP contribution in [-0.4, -0.2) is 27.6 Å². The van der Waals surface area contributed by atoms with Crippen LogP contribution in [0, 0.1) is 12.3 Å². The number of rotatable bonds is 5. The maximum Gasteiger partial charge on any atom is 0.290 e. The van der Waals surface area contributed by atoms with Gasteiger partial charge in [0.2, 0.25) is 5.82 Å². The Morgan fingerprint density at radius 3 is 3.07 bits per heavy atom. The first-order valence-electron chi connectivity index (χ1n) is 4.90. The van der Waals surface area contributed by atoms with Crippen LogP contribution in [0.1, 0.15) is 36.2 Å². The molecule has 1 amide bonds. The largest absolute Gasteiger partial charge is 0.349 e. The zero-order valence-electron chi connectivity index (χ0n) is 8.71. The topological polar surface area (TPSA) is 70.7 Å². The number of hydrogen-bond donors (Lipinski definition) is 2. The summed E-state index contributed by atoms with van der Waals surface area (Å²) >= 11 is 0. The van der Waals surface area contributed by atoms with Crippen LogP contribution in [0.4, 0.5) is 0 Å². The number of nitrogens with one attached hydrogen (secondary N) is 2. The molecular formula is C10H14N4O. The van der Waals surface area contributed by atoms with E-state index in [1.165, 1.54) is 0 Å². The molecule has 0 aromatic carbocycles. The predicted molar refractivity (Wildman–Crippen MR) is 56.2 cm³/mol. The zero-order valence-corrected chi connectivity index (χ0v) is 8.71. The highest BCUT2D eigenvalue weighted by Crippen LogP contribution is 1.93. The van der Waals surface area contributed by atoms with E-state index in [1.54, 1.807) is 0 Å². The van der Waals surface area contributed by atoms with E-state index in [0.717, 1.165) is 12.8 Å². The fourth-order valence-electron chi connectivity index (χ4n) is 1.03. The van der Waals surface area contributed by atoms with Crippen molar-refractivity contribution in [3.63, 3.8) is 0 Å². The molecule has 0 aliphatic carbocycles.